The van der Waals surface area contributed by atoms with Crippen LogP contribution in [0.4, 0.5) is 0 Å². The number of rotatable bonds is 2. The van der Waals surface area contributed by atoms with Crippen LogP contribution in [0.1, 0.15) is 18.7 Å². The Morgan fingerprint density at radius 1 is 1.67 bits per heavy atom. The maximum Gasteiger partial charge on any atom is 0.121 e. The van der Waals surface area contributed by atoms with Crippen molar-refractivity contribution >= 4 is 23.7 Å². The molecule has 0 radical (unpaired) electrons. The lowest BCUT2D eigenvalue weighted by atomic mass is 10.1. The van der Waals surface area contributed by atoms with Crippen LogP contribution in [0.5, 0.6) is 0 Å². The van der Waals surface area contributed by atoms with Crippen molar-refractivity contribution in [1.82, 2.24) is 5.32 Å². The van der Waals surface area contributed by atoms with E-state index in [4.69, 9.17) is 4.74 Å². The summed E-state index contributed by atoms with van der Waals surface area (Å²) >= 11 is 1.80. The zero-order valence-corrected chi connectivity index (χ0v) is 10.8. The van der Waals surface area contributed by atoms with Gasteiger partial charge < -0.3 is 4.74 Å². The predicted octanol–water partition coefficient (Wildman–Crippen LogP) is 2.68. The number of halogens is 1. The molecule has 1 saturated heterocycles. The van der Waals surface area contributed by atoms with Gasteiger partial charge in [0.25, 0.3) is 0 Å². The Hall–Kier alpha value is -0.0900. The summed E-state index contributed by atoms with van der Waals surface area (Å²) in [5, 5.41) is 5.58. The summed E-state index contributed by atoms with van der Waals surface area (Å²) in [5.41, 5.74) is -0.155. The first-order chi connectivity index (χ1) is 6.68. The largest absolute Gasteiger partial charge is 0.360 e. The van der Waals surface area contributed by atoms with Crippen LogP contribution in [0.15, 0.2) is 17.5 Å². The molecule has 86 valence electrons. The molecule has 0 aliphatic carbocycles. The highest BCUT2D eigenvalue weighted by atomic mass is 35.5. The van der Waals surface area contributed by atoms with E-state index in [-0.39, 0.29) is 18.1 Å². The summed E-state index contributed by atoms with van der Waals surface area (Å²) in [7, 11) is 0. The van der Waals surface area contributed by atoms with Crippen molar-refractivity contribution < 1.29 is 4.74 Å². The highest BCUT2D eigenvalue weighted by molar-refractivity contribution is 7.09. The molecule has 0 amide bonds. The average molecular weight is 248 g/mol. The molecule has 0 spiro atoms. The number of thiophene rings is 1. The van der Waals surface area contributed by atoms with Gasteiger partial charge in [-0.25, -0.2) is 0 Å². The van der Waals surface area contributed by atoms with E-state index in [1.54, 1.807) is 11.3 Å². The minimum Gasteiger partial charge on any atom is -0.360 e. The standard InChI is InChI=1S/C11H17NOS.ClH/c1-9-7-12-11(2,13-8-9)6-10-4-3-5-14-10;/h3-5,9,12H,6-8H2,1-2H3;1H. The van der Waals surface area contributed by atoms with Crippen molar-refractivity contribution in [3.8, 4) is 0 Å². The third kappa shape index (κ3) is 3.45. The van der Waals surface area contributed by atoms with E-state index in [0.717, 1.165) is 19.6 Å². The lowest BCUT2D eigenvalue weighted by molar-refractivity contribution is -0.0993. The van der Waals surface area contributed by atoms with Crippen molar-refractivity contribution in [3.05, 3.63) is 22.4 Å². The van der Waals surface area contributed by atoms with E-state index in [9.17, 15) is 0 Å². The molecule has 2 rings (SSSR count). The van der Waals surface area contributed by atoms with Crippen LogP contribution in [-0.2, 0) is 11.2 Å². The summed E-state index contributed by atoms with van der Waals surface area (Å²) < 4.78 is 5.85. The fourth-order valence-corrected chi connectivity index (χ4v) is 2.53. The van der Waals surface area contributed by atoms with Crippen LogP contribution in [0, 0.1) is 5.92 Å². The lowest BCUT2D eigenvalue weighted by Crippen LogP contribution is -2.53. The minimum atomic E-state index is -0.155. The fourth-order valence-electron chi connectivity index (χ4n) is 1.69. The fraction of sp³-hybridized carbons (Fsp3) is 0.636. The van der Waals surface area contributed by atoms with E-state index >= 15 is 0 Å². The van der Waals surface area contributed by atoms with Gasteiger partial charge in [0.1, 0.15) is 5.72 Å². The second-order valence-corrected chi connectivity index (χ2v) is 5.32. The Labute approximate surface area is 101 Å². The Bertz CT molecular complexity index is 281. The van der Waals surface area contributed by atoms with Gasteiger partial charge in [0.05, 0.1) is 6.61 Å². The molecule has 1 aromatic rings. The molecule has 15 heavy (non-hydrogen) atoms. The summed E-state index contributed by atoms with van der Waals surface area (Å²) in [6, 6.07) is 4.26. The molecule has 1 aliphatic rings. The maximum absolute atomic E-state index is 5.85. The first-order valence-corrected chi connectivity index (χ1v) is 5.97. The smallest absolute Gasteiger partial charge is 0.121 e. The van der Waals surface area contributed by atoms with Crippen molar-refractivity contribution in [1.29, 1.82) is 0 Å². The van der Waals surface area contributed by atoms with Gasteiger partial charge in [-0.3, -0.25) is 5.32 Å². The lowest BCUT2D eigenvalue weighted by Gasteiger charge is -2.37. The molecule has 2 heterocycles. The molecular weight excluding hydrogens is 230 g/mol. The van der Waals surface area contributed by atoms with E-state index in [1.165, 1.54) is 4.88 Å². The van der Waals surface area contributed by atoms with Crippen LogP contribution in [0.2, 0.25) is 0 Å². The van der Waals surface area contributed by atoms with Crippen LogP contribution in [0.3, 0.4) is 0 Å². The molecule has 2 unspecified atom stereocenters. The summed E-state index contributed by atoms with van der Waals surface area (Å²) in [6.07, 6.45) is 0.970. The highest BCUT2D eigenvalue weighted by Gasteiger charge is 2.30. The quantitative estimate of drug-likeness (QED) is 0.868. The highest BCUT2D eigenvalue weighted by Crippen LogP contribution is 2.22. The Kier molecular flexibility index (Phi) is 4.59. The Morgan fingerprint density at radius 3 is 3.00 bits per heavy atom. The summed E-state index contributed by atoms with van der Waals surface area (Å²) in [6.45, 7) is 6.27. The molecule has 1 N–H and O–H groups in total. The van der Waals surface area contributed by atoms with Gasteiger partial charge in [-0.15, -0.1) is 23.7 Å². The third-order valence-corrected chi connectivity index (χ3v) is 3.48. The van der Waals surface area contributed by atoms with Gasteiger partial charge >= 0.3 is 0 Å². The van der Waals surface area contributed by atoms with Crippen LogP contribution >= 0.6 is 23.7 Å². The van der Waals surface area contributed by atoms with Crippen LogP contribution < -0.4 is 5.32 Å². The molecule has 1 fully saturated rings. The number of hydrogen-bond acceptors (Lipinski definition) is 3. The molecule has 0 bridgehead atoms. The van der Waals surface area contributed by atoms with Crippen LogP contribution in [0.25, 0.3) is 0 Å². The molecule has 2 nitrogen and oxygen atoms in total. The van der Waals surface area contributed by atoms with Crippen molar-refractivity contribution in [2.24, 2.45) is 5.92 Å². The molecule has 1 aliphatic heterocycles. The second kappa shape index (κ2) is 5.30. The van der Waals surface area contributed by atoms with Gasteiger partial charge in [0, 0.05) is 17.8 Å². The molecule has 0 saturated carbocycles. The van der Waals surface area contributed by atoms with Gasteiger partial charge in [0.2, 0.25) is 0 Å². The van der Waals surface area contributed by atoms with Crippen LogP contribution in [-0.4, -0.2) is 18.9 Å². The Morgan fingerprint density at radius 2 is 2.47 bits per heavy atom. The maximum atomic E-state index is 5.85. The normalized spacial score (nSPS) is 30.9. The van der Waals surface area contributed by atoms with E-state index < -0.39 is 0 Å². The zero-order chi connectivity index (χ0) is 10.0. The first kappa shape index (κ1) is 13.0. The number of ether oxygens (including phenoxy) is 1. The van der Waals surface area contributed by atoms with Gasteiger partial charge in [-0.1, -0.05) is 13.0 Å². The van der Waals surface area contributed by atoms with Crippen molar-refractivity contribution in [2.45, 2.75) is 26.0 Å². The third-order valence-electron chi connectivity index (χ3n) is 2.60. The second-order valence-electron chi connectivity index (χ2n) is 4.28. The van der Waals surface area contributed by atoms with Gasteiger partial charge in [-0.05, 0) is 24.3 Å². The predicted molar refractivity (Wildman–Crippen MR) is 66.8 cm³/mol. The zero-order valence-electron chi connectivity index (χ0n) is 9.16. The minimum absolute atomic E-state index is 0. The molecule has 4 heteroatoms. The monoisotopic (exact) mass is 247 g/mol. The van der Waals surface area contributed by atoms with Crippen molar-refractivity contribution in [2.75, 3.05) is 13.2 Å². The molecular formula is C11H18ClNOS. The first-order valence-electron chi connectivity index (χ1n) is 5.09. The summed E-state index contributed by atoms with van der Waals surface area (Å²) in [4.78, 5) is 1.38. The number of nitrogens with one attached hydrogen (secondary N) is 1. The van der Waals surface area contributed by atoms with Crippen molar-refractivity contribution in [3.63, 3.8) is 0 Å². The number of hydrogen-bond donors (Lipinski definition) is 1. The van der Waals surface area contributed by atoms with E-state index in [2.05, 4.69) is 36.7 Å². The van der Waals surface area contributed by atoms with Gasteiger partial charge in [0.15, 0.2) is 0 Å². The molecule has 2 atom stereocenters. The molecule has 1 aromatic heterocycles. The average Bonchev–Trinajstić information content (AvgIpc) is 2.63. The molecule has 0 aromatic carbocycles. The van der Waals surface area contributed by atoms with Gasteiger partial charge in [-0.2, -0.15) is 0 Å². The van der Waals surface area contributed by atoms with E-state index in [0.29, 0.717) is 5.92 Å². The van der Waals surface area contributed by atoms with E-state index in [1.807, 2.05) is 0 Å². The topological polar surface area (TPSA) is 21.3 Å². The summed E-state index contributed by atoms with van der Waals surface area (Å²) in [5.74, 6) is 0.631. The SMILES string of the molecule is CC1CNC(C)(Cc2cccs2)OC1.Cl. The Balaban J connectivity index is 0.00000112.